The van der Waals surface area contributed by atoms with Gasteiger partial charge in [0, 0.05) is 25.2 Å². The van der Waals surface area contributed by atoms with Gasteiger partial charge in [0.1, 0.15) is 49.0 Å². The van der Waals surface area contributed by atoms with Crippen LogP contribution in [-0.4, -0.2) is 139 Å². The number of nitrogens with one attached hydrogen (secondary N) is 1. The minimum atomic E-state index is -5.09. The molecule has 4 aliphatic rings. The van der Waals surface area contributed by atoms with Gasteiger partial charge in [0.15, 0.2) is 23.6 Å². The van der Waals surface area contributed by atoms with E-state index < -0.39 is 182 Å². The van der Waals surface area contributed by atoms with Gasteiger partial charge in [0.2, 0.25) is 13.2 Å². The van der Waals surface area contributed by atoms with E-state index in [4.69, 9.17) is 108 Å². The third-order valence-corrected chi connectivity index (χ3v) is 15.0. The molecule has 2 aromatic carbocycles. The van der Waals surface area contributed by atoms with E-state index >= 15 is 4.79 Å². The van der Waals surface area contributed by atoms with Crippen molar-refractivity contribution in [1.29, 1.82) is 0 Å². The van der Waals surface area contributed by atoms with Crippen molar-refractivity contribution in [2.75, 3.05) is 19.8 Å². The second kappa shape index (κ2) is 22.7. The first kappa shape index (κ1) is 62.6. The van der Waals surface area contributed by atoms with Crippen LogP contribution >= 0.6 is 69.6 Å². The lowest BCUT2D eigenvalue weighted by atomic mass is 9.44. The number of aliphatic hydroxyl groups excluding tert-OH is 1. The Hall–Kier alpha value is -4.59. The van der Waals surface area contributed by atoms with Crippen LogP contribution in [0.25, 0.3) is 0 Å². The molecule has 3 N–H and O–H groups in total. The van der Waals surface area contributed by atoms with Crippen molar-refractivity contribution in [2.45, 2.75) is 135 Å². The van der Waals surface area contributed by atoms with Crippen molar-refractivity contribution >= 4 is 112 Å². The summed E-state index contributed by atoms with van der Waals surface area (Å²) >= 11 is 35.2. The summed E-state index contributed by atoms with van der Waals surface area (Å²) in [5.74, 6) is -8.31. The number of esters is 3. The number of halogens is 10. The molecular weight excluding hydrogens is 1180 g/mol. The number of aliphatic hydroxyl groups is 2. The first-order chi connectivity index (χ1) is 35.8. The summed E-state index contributed by atoms with van der Waals surface area (Å²) in [5, 5.41) is 27.8. The number of hydrogen-bond donors (Lipinski definition) is 3. The Labute approximate surface area is 472 Å². The van der Waals surface area contributed by atoms with Gasteiger partial charge >= 0.3 is 42.5 Å². The van der Waals surface area contributed by atoms with Gasteiger partial charge in [0.05, 0.1) is 29.5 Å². The summed E-state index contributed by atoms with van der Waals surface area (Å²) in [5.41, 5.74) is -14.0. The highest BCUT2D eigenvalue weighted by atomic mass is 35.6. The number of carbonyl (C=O) groups is 7. The number of alkyl halides is 9. The van der Waals surface area contributed by atoms with Crippen LogP contribution in [0.1, 0.15) is 83.3 Å². The van der Waals surface area contributed by atoms with Gasteiger partial charge in [-0.1, -0.05) is 120 Å². The van der Waals surface area contributed by atoms with Gasteiger partial charge in [-0.25, -0.2) is 28.4 Å². The van der Waals surface area contributed by atoms with Crippen LogP contribution in [0.2, 0.25) is 0 Å². The van der Waals surface area contributed by atoms with E-state index in [0.717, 1.165) is 38.1 Å². The lowest BCUT2D eigenvalue weighted by Gasteiger charge is -2.67. The molecule has 1 saturated heterocycles. The average Bonchev–Trinajstić information content (AvgIpc) is 3.31. The minimum absolute atomic E-state index is 0.0679. The molecule has 29 heteroatoms. The SMILES string of the molecule is CC(=O)O[C@@]12CO[C@@H]1C[C@H](OC(=O)OCC(Cl)(Cl)Cl)[C@@]1(C)C(=O)[C@H](OC(=O)OCC(Cl)(Cl)Cl)C3=C(C)[C@@H](OC(=O)[C@H](O)[C@@H](NC(=O)OC(C)(C)C(F)(F)F)c4ccccc4)C[C@@](O)([C@@H](OC(=O)c4cccc(F)c4)[C@H]21)C3(C)C. The van der Waals surface area contributed by atoms with Crippen molar-refractivity contribution < 1.29 is 104 Å². The van der Waals surface area contributed by atoms with Gasteiger partial charge in [-0.05, 0) is 62.6 Å². The van der Waals surface area contributed by atoms with Gasteiger partial charge in [0.25, 0.3) is 0 Å². The fourth-order valence-electron chi connectivity index (χ4n) is 10.4. The maximum Gasteiger partial charge on any atom is 0.509 e. The lowest BCUT2D eigenvalue weighted by Crippen LogP contribution is -2.82. The van der Waals surface area contributed by atoms with Crippen molar-refractivity contribution in [3.05, 3.63) is 82.7 Å². The number of carbonyl (C=O) groups excluding carboxylic acids is 7. The van der Waals surface area contributed by atoms with E-state index in [9.17, 15) is 56.5 Å². The molecule has 1 aliphatic heterocycles. The zero-order valence-electron chi connectivity index (χ0n) is 42.1. The predicted molar refractivity (Wildman–Crippen MR) is 265 cm³/mol. The number of ether oxygens (including phenoxy) is 9. The molecule has 0 spiro atoms. The normalized spacial score (nSPS) is 28.5. The number of hydrogen-bond acceptors (Lipinski definition) is 18. The third-order valence-electron chi connectivity index (χ3n) is 14.4. The molecule has 0 unspecified atom stereocenters. The van der Waals surface area contributed by atoms with E-state index in [1.165, 1.54) is 51.1 Å². The Bertz CT molecular complexity index is 2710. The Kier molecular flexibility index (Phi) is 18.3. The Morgan fingerprint density at radius 2 is 1.45 bits per heavy atom. The molecule has 430 valence electrons. The standard InChI is InChI=1S/C49H51Cl6F4NO18/c1-22-27(73-38(65)32(62)31(24-12-9-8-10-13-24)60-39(66)78-43(5,6)49(57,58)59)18-46(69)36(76-37(64)25-14-11-15-26(56)16-25)34-44(7,35(63)33(30(22)42(46,3)4)75-41(68)72-21-48(53,54)55)28(74-40(67)71-20-47(50,51)52)17-29-45(34,19-70-29)77-23(2)61/h8-16,27-29,31-34,36,62,69H,17-21H2,1-7H3,(H,60,66)/t27-,28-,29+,31-,32+,33+,34-,36-,44+,45-,46+/m0/s1. The zero-order valence-corrected chi connectivity index (χ0v) is 46.6. The Balaban J connectivity index is 1.60. The van der Waals surface area contributed by atoms with Gasteiger partial charge in [-0.3, -0.25) is 9.59 Å². The summed E-state index contributed by atoms with van der Waals surface area (Å²) in [7, 11) is 0. The predicted octanol–water partition coefficient (Wildman–Crippen LogP) is 9.00. The van der Waals surface area contributed by atoms with E-state index in [-0.39, 0.29) is 11.1 Å². The monoisotopic (exact) mass is 1230 g/mol. The maximum absolute atomic E-state index is 16.3. The molecule has 0 radical (unpaired) electrons. The maximum atomic E-state index is 16.3. The Morgan fingerprint density at radius 3 is 1.97 bits per heavy atom. The van der Waals surface area contributed by atoms with Crippen molar-refractivity contribution in [3.63, 3.8) is 0 Å². The molecule has 1 amide bonds. The molecule has 3 aliphatic carbocycles. The van der Waals surface area contributed by atoms with Crippen LogP contribution in [0.4, 0.5) is 31.9 Å². The second-order valence-electron chi connectivity index (χ2n) is 20.1. The summed E-state index contributed by atoms with van der Waals surface area (Å²) in [6.45, 7) is 4.50. The summed E-state index contributed by atoms with van der Waals surface area (Å²) in [6.07, 6.45) is -24.1. The first-order valence-corrected chi connectivity index (χ1v) is 25.6. The molecule has 3 fully saturated rings. The molecule has 11 atom stereocenters. The first-order valence-electron chi connectivity index (χ1n) is 23.3. The van der Waals surface area contributed by atoms with Crippen LogP contribution in [0.3, 0.4) is 0 Å². The molecule has 19 nitrogen and oxygen atoms in total. The topological polar surface area (TPSA) is 255 Å². The summed E-state index contributed by atoms with van der Waals surface area (Å²) < 4.78 is 102. The van der Waals surface area contributed by atoms with Crippen LogP contribution in [0, 0.1) is 22.6 Å². The highest BCUT2D eigenvalue weighted by Gasteiger charge is 2.79. The smallest absolute Gasteiger partial charge is 0.456 e. The molecular formula is C49H51Cl6F4NO18. The molecule has 2 saturated carbocycles. The highest BCUT2D eigenvalue weighted by Crippen LogP contribution is 2.65. The van der Waals surface area contributed by atoms with Crippen molar-refractivity contribution in [1.82, 2.24) is 5.32 Å². The van der Waals surface area contributed by atoms with E-state index in [1.807, 2.05) is 0 Å². The van der Waals surface area contributed by atoms with Crippen molar-refractivity contribution in [2.24, 2.45) is 16.7 Å². The number of rotatable bonds is 13. The number of alkyl carbamates (subject to hydrolysis) is 1. The fourth-order valence-corrected chi connectivity index (χ4v) is 10.7. The van der Waals surface area contributed by atoms with E-state index in [2.05, 4.69) is 10.1 Å². The largest absolute Gasteiger partial charge is 0.509 e. The average molecular weight is 1230 g/mol. The number of Topliss-reactive ketones (excluding diaryl/α,β-unsaturated/α-hetero) is 1. The van der Waals surface area contributed by atoms with Crippen LogP contribution in [0.15, 0.2) is 65.7 Å². The van der Waals surface area contributed by atoms with Crippen LogP contribution in [0.5, 0.6) is 0 Å². The van der Waals surface area contributed by atoms with Gasteiger partial charge in [-0.15, -0.1) is 0 Å². The molecule has 6 rings (SSSR count). The van der Waals surface area contributed by atoms with Crippen molar-refractivity contribution in [3.8, 4) is 0 Å². The number of amides is 1. The summed E-state index contributed by atoms with van der Waals surface area (Å²) in [6, 6.07) is 8.97. The lowest BCUT2D eigenvalue weighted by molar-refractivity contribution is -0.346. The minimum Gasteiger partial charge on any atom is -0.456 e. The number of benzene rings is 2. The number of ketones is 1. The summed E-state index contributed by atoms with van der Waals surface area (Å²) in [4.78, 5) is 99.3. The molecule has 1 heterocycles. The molecule has 2 bridgehead atoms. The highest BCUT2D eigenvalue weighted by molar-refractivity contribution is 6.68. The second-order valence-corrected chi connectivity index (χ2v) is 25.1. The molecule has 0 aromatic heterocycles. The van der Waals surface area contributed by atoms with Gasteiger partial charge < -0.3 is 58.2 Å². The van der Waals surface area contributed by atoms with Crippen LogP contribution in [-0.2, 0) is 57.0 Å². The van der Waals surface area contributed by atoms with E-state index in [1.54, 1.807) is 0 Å². The Morgan fingerprint density at radius 1 is 0.859 bits per heavy atom. The van der Waals surface area contributed by atoms with Crippen LogP contribution < -0.4 is 5.32 Å². The third kappa shape index (κ3) is 12.8. The van der Waals surface area contributed by atoms with E-state index in [0.29, 0.717) is 13.8 Å². The fraction of sp³-hybridized carbons (Fsp3) is 0.571. The zero-order chi connectivity index (χ0) is 58.5. The number of fused-ring (bicyclic) bond motifs is 5. The molecule has 78 heavy (non-hydrogen) atoms. The molecule has 2 aromatic rings. The van der Waals surface area contributed by atoms with Gasteiger partial charge in [-0.2, -0.15) is 13.2 Å². The quantitative estimate of drug-likeness (QED) is 0.0556.